The van der Waals surface area contributed by atoms with E-state index in [2.05, 4.69) is 13.0 Å². The number of allylic oxidation sites excluding steroid dienone is 2. The molecule has 4 aliphatic rings. The van der Waals surface area contributed by atoms with Crippen LogP contribution in [0.2, 0.25) is 0 Å². The van der Waals surface area contributed by atoms with Crippen LogP contribution < -0.4 is 0 Å². The van der Waals surface area contributed by atoms with Crippen LogP contribution in [0, 0.1) is 28.6 Å². The molecule has 0 bridgehead atoms. The molecule has 25 heavy (non-hydrogen) atoms. The molecule has 3 heteroatoms. The van der Waals surface area contributed by atoms with Crippen LogP contribution in [0.15, 0.2) is 11.6 Å². The molecule has 3 fully saturated rings. The Morgan fingerprint density at radius 3 is 2.84 bits per heavy atom. The number of carbonyl (C=O) groups is 2. The van der Waals surface area contributed by atoms with Crippen LogP contribution >= 0.6 is 0 Å². The molecule has 0 amide bonds. The molecule has 0 saturated heterocycles. The van der Waals surface area contributed by atoms with Crippen LogP contribution in [0.3, 0.4) is 0 Å². The summed E-state index contributed by atoms with van der Waals surface area (Å²) in [5, 5.41) is 0. The van der Waals surface area contributed by atoms with Gasteiger partial charge in [-0.25, -0.2) is 0 Å². The molecule has 0 aromatic heterocycles. The summed E-state index contributed by atoms with van der Waals surface area (Å²) < 4.78 is 5.85. The van der Waals surface area contributed by atoms with E-state index in [1.54, 1.807) is 0 Å². The van der Waals surface area contributed by atoms with E-state index >= 15 is 0 Å². The van der Waals surface area contributed by atoms with Gasteiger partial charge in [0.25, 0.3) is 0 Å². The van der Waals surface area contributed by atoms with Crippen molar-refractivity contribution in [1.29, 1.82) is 0 Å². The van der Waals surface area contributed by atoms with Crippen LogP contribution in [0.25, 0.3) is 0 Å². The SMILES string of the molecule is CCC(=O)O[C@H]1CC[C@H]2[C@@H]3CCC4=CCCC[C@]4(C=O)[C@H]3CC[C@]12C. The molecule has 3 nitrogen and oxygen atoms in total. The van der Waals surface area contributed by atoms with Crippen molar-refractivity contribution >= 4 is 12.3 Å². The maximum atomic E-state index is 12.3. The molecule has 0 N–H and O–H groups in total. The third kappa shape index (κ3) is 2.44. The van der Waals surface area contributed by atoms with Gasteiger partial charge in [0, 0.05) is 17.3 Å². The van der Waals surface area contributed by atoms with Crippen LogP contribution in [-0.4, -0.2) is 18.4 Å². The second-order valence-electron chi connectivity index (χ2n) is 9.15. The highest BCUT2D eigenvalue weighted by molar-refractivity contribution is 5.69. The predicted molar refractivity (Wildman–Crippen MR) is 96.9 cm³/mol. The molecule has 0 unspecified atom stereocenters. The van der Waals surface area contributed by atoms with Crippen molar-refractivity contribution in [2.45, 2.75) is 84.2 Å². The molecule has 0 spiro atoms. The van der Waals surface area contributed by atoms with Crippen molar-refractivity contribution in [2.24, 2.45) is 28.6 Å². The molecule has 4 rings (SSSR count). The van der Waals surface area contributed by atoms with Crippen LogP contribution in [-0.2, 0) is 14.3 Å². The van der Waals surface area contributed by atoms with Gasteiger partial charge in [-0.15, -0.1) is 0 Å². The lowest BCUT2D eigenvalue weighted by Gasteiger charge is -2.57. The van der Waals surface area contributed by atoms with Gasteiger partial charge in [-0.05, 0) is 75.5 Å². The van der Waals surface area contributed by atoms with E-state index in [4.69, 9.17) is 4.74 Å². The molecular formula is C22H32O3. The van der Waals surface area contributed by atoms with Gasteiger partial charge in [-0.2, -0.15) is 0 Å². The number of fused-ring (bicyclic) bond motifs is 5. The number of ether oxygens (including phenoxy) is 1. The molecule has 0 aromatic carbocycles. The molecule has 0 heterocycles. The van der Waals surface area contributed by atoms with Crippen LogP contribution in [0.5, 0.6) is 0 Å². The first-order chi connectivity index (χ1) is 12.0. The molecule has 3 saturated carbocycles. The van der Waals surface area contributed by atoms with E-state index in [1.165, 1.54) is 18.3 Å². The lowest BCUT2D eigenvalue weighted by Crippen LogP contribution is -2.52. The van der Waals surface area contributed by atoms with Crippen molar-refractivity contribution in [3.8, 4) is 0 Å². The van der Waals surface area contributed by atoms with Gasteiger partial charge in [-0.1, -0.05) is 25.5 Å². The van der Waals surface area contributed by atoms with E-state index in [0.717, 1.165) is 51.4 Å². The number of aldehydes is 1. The molecule has 0 aromatic rings. The summed E-state index contributed by atoms with van der Waals surface area (Å²) in [5.74, 6) is 1.70. The smallest absolute Gasteiger partial charge is 0.305 e. The van der Waals surface area contributed by atoms with E-state index in [9.17, 15) is 9.59 Å². The number of esters is 1. The van der Waals surface area contributed by atoms with E-state index in [-0.39, 0.29) is 22.9 Å². The summed E-state index contributed by atoms with van der Waals surface area (Å²) in [5.41, 5.74) is 1.40. The Bertz CT molecular complexity index is 594. The Morgan fingerprint density at radius 1 is 1.24 bits per heavy atom. The molecule has 4 aliphatic carbocycles. The topological polar surface area (TPSA) is 43.4 Å². The molecule has 0 aliphatic heterocycles. The monoisotopic (exact) mass is 344 g/mol. The number of rotatable bonds is 3. The van der Waals surface area contributed by atoms with E-state index < -0.39 is 0 Å². The van der Waals surface area contributed by atoms with Crippen molar-refractivity contribution in [2.75, 3.05) is 0 Å². The van der Waals surface area contributed by atoms with Crippen molar-refractivity contribution < 1.29 is 14.3 Å². The second-order valence-corrected chi connectivity index (χ2v) is 9.15. The number of carbonyl (C=O) groups excluding carboxylic acids is 2. The van der Waals surface area contributed by atoms with Crippen molar-refractivity contribution in [1.82, 2.24) is 0 Å². The molecule has 6 atom stereocenters. The Balaban J connectivity index is 1.61. The minimum atomic E-state index is -0.166. The maximum Gasteiger partial charge on any atom is 0.305 e. The molecular weight excluding hydrogens is 312 g/mol. The van der Waals surface area contributed by atoms with Crippen molar-refractivity contribution in [3.05, 3.63) is 11.6 Å². The molecule has 138 valence electrons. The van der Waals surface area contributed by atoms with Crippen molar-refractivity contribution in [3.63, 3.8) is 0 Å². The first-order valence-electron chi connectivity index (χ1n) is 10.4. The fourth-order valence-corrected chi connectivity index (χ4v) is 7.04. The minimum absolute atomic E-state index is 0.0560. The van der Waals surface area contributed by atoms with Crippen LogP contribution in [0.1, 0.15) is 78.1 Å². The third-order valence-electron chi connectivity index (χ3n) is 8.31. The minimum Gasteiger partial charge on any atom is -0.462 e. The van der Waals surface area contributed by atoms with Gasteiger partial charge < -0.3 is 9.53 Å². The highest BCUT2D eigenvalue weighted by Crippen LogP contribution is 2.65. The summed E-state index contributed by atoms with van der Waals surface area (Å²) in [4.78, 5) is 24.2. The summed E-state index contributed by atoms with van der Waals surface area (Å²) in [6, 6.07) is 0. The zero-order chi connectivity index (χ0) is 17.7. The normalized spacial score (nSPS) is 45.6. The average Bonchev–Trinajstić information content (AvgIpc) is 2.97. The van der Waals surface area contributed by atoms with Gasteiger partial charge in [0.2, 0.25) is 0 Å². The first kappa shape index (κ1) is 17.3. The Kier molecular flexibility index (Phi) is 4.32. The fraction of sp³-hybridized carbons (Fsp3) is 0.818. The van der Waals surface area contributed by atoms with E-state index in [1.807, 2.05) is 6.92 Å². The predicted octanol–water partition coefficient (Wildman–Crippen LogP) is 4.84. The highest BCUT2D eigenvalue weighted by atomic mass is 16.5. The lowest BCUT2D eigenvalue weighted by molar-refractivity contribution is -0.159. The summed E-state index contributed by atoms with van der Waals surface area (Å²) in [7, 11) is 0. The average molecular weight is 344 g/mol. The highest BCUT2D eigenvalue weighted by Gasteiger charge is 2.60. The standard InChI is InChI=1S/C22H32O3/c1-3-20(24)25-19-10-9-17-16-8-7-15-6-4-5-12-22(15,14-23)18(16)11-13-21(17,19)2/h6,14,16-19H,3-5,7-13H2,1-2H3/t16-,17-,18-,19-,21-,22+/m0/s1. The zero-order valence-electron chi connectivity index (χ0n) is 15.8. The quantitative estimate of drug-likeness (QED) is 0.418. The summed E-state index contributed by atoms with van der Waals surface area (Å²) >= 11 is 0. The fourth-order valence-electron chi connectivity index (χ4n) is 7.04. The van der Waals surface area contributed by atoms with Gasteiger partial charge in [0.05, 0.1) is 0 Å². The zero-order valence-corrected chi connectivity index (χ0v) is 15.8. The first-order valence-corrected chi connectivity index (χ1v) is 10.4. The Labute approximate surface area is 151 Å². The Morgan fingerprint density at radius 2 is 2.08 bits per heavy atom. The third-order valence-corrected chi connectivity index (χ3v) is 8.31. The number of hydrogen-bond donors (Lipinski definition) is 0. The van der Waals surface area contributed by atoms with E-state index in [0.29, 0.717) is 24.2 Å². The lowest BCUT2D eigenvalue weighted by atomic mass is 9.47. The van der Waals surface area contributed by atoms with Gasteiger partial charge in [-0.3, -0.25) is 4.79 Å². The maximum absolute atomic E-state index is 12.3. The molecule has 0 radical (unpaired) electrons. The van der Waals surface area contributed by atoms with Gasteiger partial charge in [0.15, 0.2) is 0 Å². The number of hydrogen-bond acceptors (Lipinski definition) is 3. The summed E-state index contributed by atoms with van der Waals surface area (Å²) in [6.45, 7) is 4.23. The van der Waals surface area contributed by atoms with Gasteiger partial charge in [0.1, 0.15) is 12.4 Å². The largest absolute Gasteiger partial charge is 0.462 e. The summed E-state index contributed by atoms with van der Waals surface area (Å²) in [6.07, 6.45) is 14.3. The second kappa shape index (κ2) is 6.25. The Hall–Kier alpha value is -1.12. The van der Waals surface area contributed by atoms with Crippen LogP contribution in [0.4, 0.5) is 0 Å². The van der Waals surface area contributed by atoms with Gasteiger partial charge >= 0.3 is 5.97 Å².